The molecule has 3 unspecified atom stereocenters. The molecule has 2 N–H and O–H groups in total. The van der Waals surface area contributed by atoms with Crippen molar-refractivity contribution in [1.82, 2.24) is 15.1 Å². The van der Waals surface area contributed by atoms with Crippen molar-refractivity contribution in [2.75, 3.05) is 32.7 Å². The number of carbonyl (C=O) groups is 1. The van der Waals surface area contributed by atoms with Crippen LogP contribution in [0.2, 0.25) is 0 Å². The van der Waals surface area contributed by atoms with Crippen LogP contribution in [-0.4, -0.2) is 65.8 Å². The molecule has 2 heterocycles. The molecule has 3 atom stereocenters. The number of likely N-dealkylation sites (tertiary alicyclic amines) is 1. The zero-order chi connectivity index (χ0) is 13.9. The van der Waals surface area contributed by atoms with Crippen molar-refractivity contribution < 1.29 is 9.90 Å². The zero-order valence-corrected chi connectivity index (χ0v) is 12.3. The fourth-order valence-corrected chi connectivity index (χ4v) is 4.17. The van der Waals surface area contributed by atoms with Crippen molar-refractivity contribution >= 4 is 6.03 Å². The van der Waals surface area contributed by atoms with Crippen molar-refractivity contribution in [1.29, 1.82) is 0 Å². The summed E-state index contributed by atoms with van der Waals surface area (Å²) < 4.78 is 0. The summed E-state index contributed by atoms with van der Waals surface area (Å²) in [4.78, 5) is 16.0. The van der Waals surface area contributed by atoms with Crippen LogP contribution in [0.15, 0.2) is 0 Å². The van der Waals surface area contributed by atoms with Crippen LogP contribution in [0, 0.1) is 5.92 Å². The van der Waals surface area contributed by atoms with Crippen molar-refractivity contribution in [2.24, 2.45) is 5.92 Å². The van der Waals surface area contributed by atoms with Gasteiger partial charge in [-0.2, -0.15) is 0 Å². The molecule has 5 heteroatoms. The number of rotatable bonds is 4. The molecule has 5 nitrogen and oxygen atoms in total. The van der Waals surface area contributed by atoms with Crippen LogP contribution in [0.25, 0.3) is 0 Å². The Morgan fingerprint density at radius 1 is 1.10 bits per heavy atom. The van der Waals surface area contributed by atoms with Gasteiger partial charge >= 0.3 is 6.03 Å². The molecule has 0 spiro atoms. The molecule has 20 heavy (non-hydrogen) atoms. The number of hydrogen-bond acceptors (Lipinski definition) is 3. The van der Waals surface area contributed by atoms with E-state index in [0.717, 1.165) is 39.1 Å². The summed E-state index contributed by atoms with van der Waals surface area (Å²) in [6.45, 7) is 4.53. The van der Waals surface area contributed by atoms with Crippen molar-refractivity contribution in [3.63, 3.8) is 0 Å². The molecule has 1 saturated carbocycles. The Labute approximate surface area is 121 Å². The topological polar surface area (TPSA) is 55.8 Å². The molecule has 2 amide bonds. The molecule has 2 saturated heterocycles. The van der Waals surface area contributed by atoms with E-state index in [1.54, 1.807) is 0 Å². The summed E-state index contributed by atoms with van der Waals surface area (Å²) in [5.74, 6) is 0.461. The monoisotopic (exact) mass is 281 g/mol. The zero-order valence-electron chi connectivity index (χ0n) is 12.3. The summed E-state index contributed by atoms with van der Waals surface area (Å²) in [7, 11) is 0. The predicted molar refractivity (Wildman–Crippen MR) is 77.5 cm³/mol. The lowest BCUT2D eigenvalue weighted by Gasteiger charge is -2.41. The molecule has 0 bridgehead atoms. The number of nitrogens with zero attached hydrogens (tertiary/aromatic N) is 2. The highest BCUT2D eigenvalue weighted by atomic mass is 16.3. The first kappa shape index (κ1) is 14.1. The maximum absolute atomic E-state index is 11.6. The molecule has 0 radical (unpaired) electrons. The quantitative estimate of drug-likeness (QED) is 0.809. The second kappa shape index (κ2) is 6.31. The van der Waals surface area contributed by atoms with Crippen LogP contribution >= 0.6 is 0 Å². The number of piperidine rings is 1. The van der Waals surface area contributed by atoms with E-state index in [1.165, 1.54) is 32.1 Å². The molecule has 3 rings (SSSR count). The minimum absolute atomic E-state index is 0.0828. The third kappa shape index (κ3) is 2.93. The van der Waals surface area contributed by atoms with E-state index in [4.69, 9.17) is 0 Å². The number of aliphatic hydroxyl groups excluding tert-OH is 1. The molecule has 1 aliphatic carbocycles. The minimum atomic E-state index is -0.101. The number of amides is 2. The number of aliphatic hydroxyl groups is 1. The van der Waals surface area contributed by atoms with Gasteiger partial charge in [0.1, 0.15) is 0 Å². The third-order valence-electron chi connectivity index (χ3n) is 5.29. The Kier molecular flexibility index (Phi) is 4.46. The Morgan fingerprint density at radius 3 is 2.70 bits per heavy atom. The van der Waals surface area contributed by atoms with E-state index < -0.39 is 0 Å². The molecule has 3 aliphatic rings. The first-order valence-electron chi connectivity index (χ1n) is 8.20. The van der Waals surface area contributed by atoms with Crippen molar-refractivity contribution in [3.8, 4) is 0 Å². The summed E-state index contributed by atoms with van der Waals surface area (Å²) in [5, 5.41) is 13.0. The second-order valence-corrected chi connectivity index (χ2v) is 6.48. The average molecular weight is 281 g/mol. The van der Waals surface area contributed by atoms with Crippen molar-refractivity contribution in [2.45, 2.75) is 50.7 Å². The lowest BCUT2D eigenvalue weighted by Crippen LogP contribution is -2.49. The van der Waals surface area contributed by atoms with Gasteiger partial charge in [-0.25, -0.2) is 4.79 Å². The number of hydrogen-bond donors (Lipinski definition) is 2. The molecule has 0 aromatic carbocycles. The van der Waals surface area contributed by atoms with Crippen LogP contribution in [0.3, 0.4) is 0 Å². The van der Waals surface area contributed by atoms with Gasteiger partial charge in [-0.1, -0.05) is 12.8 Å². The minimum Gasteiger partial charge on any atom is -0.393 e. The molecule has 2 aliphatic heterocycles. The fraction of sp³-hybridized carbons (Fsp3) is 0.933. The summed E-state index contributed by atoms with van der Waals surface area (Å²) >= 11 is 0. The maximum atomic E-state index is 11.6. The number of carbonyl (C=O) groups excluding carboxylic acids is 1. The summed E-state index contributed by atoms with van der Waals surface area (Å²) in [6.07, 6.45) is 6.98. The standard InChI is InChI=1S/C15H27N3O2/c19-14-6-3-4-12(14)13-5-1-2-8-17(13)10-11-18-9-7-16-15(18)20/h12-14,19H,1-11H2,(H,16,20). The van der Waals surface area contributed by atoms with Crippen molar-refractivity contribution in [3.05, 3.63) is 0 Å². The largest absolute Gasteiger partial charge is 0.393 e. The van der Waals surface area contributed by atoms with Gasteiger partial charge in [-0.3, -0.25) is 4.90 Å². The molecular weight excluding hydrogens is 254 g/mol. The van der Waals surface area contributed by atoms with E-state index in [-0.39, 0.29) is 12.1 Å². The highest BCUT2D eigenvalue weighted by Crippen LogP contribution is 2.35. The van der Waals surface area contributed by atoms with Gasteiger partial charge in [0.05, 0.1) is 6.10 Å². The predicted octanol–water partition coefficient (Wildman–Crippen LogP) is 1.03. The smallest absolute Gasteiger partial charge is 0.317 e. The summed E-state index contributed by atoms with van der Waals surface area (Å²) in [6, 6.07) is 0.617. The van der Waals surface area contributed by atoms with E-state index >= 15 is 0 Å². The summed E-state index contributed by atoms with van der Waals surface area (Å²) in [5.41, 5.74) is 0. The normalized spacial score (nSPS) is 35.5. The van der Waals surface area contributed by atoms with E-state index in [0.29, 0.717) is 12.0 Å². The van der Waals surface area contributed by atoms with E-state index in [9.17, 15) is 9.90 Å². The van der Waals surface area contributed by atoms with Crippen LogP contribution in [-0.2, 0) is 0 Å². The lowest BCUT2D eigenvalue weighted by atomic mass is 9.88. The lowest BCUT2D eigenvalue weighted by molar-refractivity contribution is 0.0329. The molecule has 0 aromatic heterocycles. The van der Waals surface area contributed by atoms with Crippen LogP contribution in [0.4, 0.5) is 4.79 Å². The van der Waals surface area contributed by atoms with Gasteiger partial charge in [0.2, 0.25) is 0 Å². The first-order valence-corrected chi connectivity index (χ1v) is 8.20. The highest BCUT2D eigenvalue weighted by Gasteiger charge is 2.37. The van der Waals surface area contributed by atoms with Gasteiger partial charge in [0, 0.05) is 38.1 Å². The first-order chi connectivity index (χ1) is 9.75. The SMILES string of the molecule is O=C1NCCN1CCN1CCCCC1C1CCCC1O. The Bertz CT molecular complexity index is 350. The van der Waals surface area contributed by atoms with Gasteiger partial charge in [-0.05, 0) is 32.2 Å². The molecule has 0 aromatic rings. The average Bonchev–Trinajstić information content (AvgIpc) is 3.06. The van der Waals surface area contributed by atoms with E-state index in [2.05, 4.69) is 10.2 Å². The van der Waals surface area contributed by atoms with Gasteiger partial charge in [0.25, 0.3) is 0 Å². The maximum Gasteiger partial charge on any atom is 0.317 e. The second-order valence-electron chi connectivity index (χ2n) is 6.48. The van der Waals surface area contributed by atoms with Gasteiger partial charge < -0.3 is 15.3 Å². The fourth-order valence-electron chi connectivity index (χ4n) is 4.17. The number of nitrogens with one attached hydrogen (secondary N) is 1. The number of urea groups is 1. The third-order valence-corrected chi connectivity index (χ3v) is 5.29. The molecule has 114 valence electrons. The Balaban J connectivity index is 1.56. The van der Waals surface area contributed by atoms with Crippen LogP contribution in [0.5, 0.6) is 0 Å². The Hall–Kier alpha value is -0.810. The van der Waals surface area contributed by atoms with Gasteiger partial charge in [-0.15, -0.1) is 0 Å². The molecule has 3 fully saturated rings. The van der Waals surface area contributed by atoms with E-state index in [1.807, 2.05) is 4.90 Å². The van der Waals surface area contributed by atoms with Crippen LogP contribution < -0.4 is 5.32 Å². The van der Waals surface area contributed by atoms with Crippen LogP contribution in [0.1, 0.15) is 38.5 Å². The molecular formula is C15H27N3O2. The Morgan fingerprint density at radius 2 is 2.00 bits per heavy atom. The highest BCUT2D eigenvalue weighted by molar-refractivity contribution is 5.76. The van der Waals surface area contributed by atoms with Gasteiger partial charge in [0.15, 0.2) is 0 Å².